The third-order valence-electron chi connectivity index (χ3n) is 3.97. The van der Waals surface area contributed by atoms with Gasteiger partial charge in [-0.05, 0) is 49.9 Å². The fourth-order valence-electron chi connectivity index (χ4n) is 2.59. The Morgan fingerprint density at radius 3 is 3.06 bits per heavy atom. The second-order valence-corrected chi connectivity index (χ2v) is 5.13. The summed E-state index contributed by atoms with van der Waals surface area (Å²) in [6.07, 6.45) is 4.59. The van der Waals surface area contributed by atoms with Gasteiger partial charge in [-0.1, -0.05) is 6.92 Å². The van der Waals surface area contributed by atoms with Gasteiger partial charge in [-0.15, -0.1) is 0 Å². The van der Waals surface area contributed by atoms with Gasteiger partial charge in [0.1, 0.15) is 5.82 Å². The minimum Gasteiger partial charge on any atom is -0.373 e. The largest absolute Gasteiger partial charge is 0.373 e. The summed E-state index contributed by atoms with van der Waals surface area (Å²) in [4.78, 5) is 6.84. The summed E-state index contributed by atoms with van der Waals surface area (Å²) < 4.78 is 0. The number of hydrogen-bond acceptors (Lipinski definition) is 3. The van der Waals surface area contributed by atoms with Gasteiger partial charge in [0.05, 0.1) is 0 Å². The van der Waals surface area contributed by atoms with Crippen molar-refractivity contribution in [3.05, 3.63) is 23.9 Å². The topological polar surface area (TPSA) is 28.2 Å². The molecule has 0 bridgehead atoms. The number of rotatable bonds is 3. The summed E-state index contributed by atoms with van der Waals surface area (Å²) in [7, 11) is 1.91. The minimum atomic E-state index is 0.690. The zero-order valence-corrected chi connectivity index (χ0v) is 11.1. The number of hydrogen-bond donors (Lipinski definition) is 1. The molecule has 3 nitrogen and oxygen atoms in total. The van der Waals surface area contributed by atoms with Gasteiger partial charge in [0.25, 0.3) is 0 Å². The Kier molecular flexibility index (Phi) is 4.00. The van der Waals surface area contributed by atoms with Crippen molar-refractivity contribution in [2.24, 2.45) is 5.92 Å². The van der Waals surface area contributed by atoms with Gasteiger partial charge in [-0.2, -0.15) is 0 Å². The van der Waals surface area contributed by atoms with Gasteiger partial charge >= 0.3 is 0 Å². The van der Waals surface area contributed by atoms with Crippen LogP contribution in [0.1, 0.15) is 32.3 Å². The van der Waals surface area contributed by atoms with E-state index in [1.54, 1.807) is 0 Å². The number of nitrogens with one attached hydrogen (secondary N) is 1. The minimum absolute atomic E-state index is 0.690. The number of nitrogens with zero attached hydrogens (tertiary/aromatic N) is 2. The normalized spacial score (nSPS) is 25.8. The van der Waals surface area contributed by atoms with Crippen LogP contribution in [0, 0.1) is 5.92 Å². The van der Waals surface area contributed by atoms with E-state index in [2.05, 4.69) is 41.2 Å². The van der Waals surface area contributed by atoms with Crippen LogP contribution in [0.5, 0.6) is 0 Å². The predicted octanol–water partition coefficient (Wildman–Crippen LogP) is 2.74. The standard InChI is InChI=1S/C14H23N3/c1-11-5-4-8-17(12(11)2)10-13-6-7-16-14(9-13)15-3/h6-7,9,11-12H,4-5,8,10H2,1-3H3,(H,15,16). The molecule has 2 rings (SSSR count). The quantitative estimate of drug-likeness (QED) is 0.870. The van der Waals surface area contributed by atoms with E-state index in [1.165, 1.54) is 24.9 Å². The Hall–Kier alpha value is -1.09. The highest BCUT2D eigenvalue weighted by atomic mass is 15.2. The fraction of sp³-hybridized carbons (Fsp3) is 0.643. The van der Waals surface area contributed by atoms with Gasteiger partial charge in [-0.3, -0.25) is 4.90 Å². The van der Waals surface area contributed by atoms with E-state index < -0.39 is 0 Å². The molecule has 0 aliphatic carbocycles. The zero-order chi connectivity index (χ0) is 12.3. The average molecular weight is 233 g/mol. The van der Waals surface area contributed by atoms with Crippen molar-refractivity contribution < 1.29 is 0 Å². The van der Waals surface area contributed by atoms with Gasteiger partial charge in [0.15, 0.2) is 0 Å². The first kappa shape index (κ1) is 12.4. The van der Waals surface area contributed by atoms with Crippen LogP contribution in [0.2, 0.25) is 0 Å². The Bertz CT molecular complexity index is 364. The van der Waals surface area contributed by atoms with Gasteiger partial charge < -0.3 is 5.32 Å². The van der Waals surface area contributed by atoms with Crippen molar-refractivity contribution in [1.29, 1.82) is 0 Å². The van der Waals surface area contributed by atoms with Crippen LogP contribution in [0.15, 0.2) is 18.3 Å². The molecular weight excluding hydrogens is 210 g/mol. The summed E-state index contributed by atoms with van der Waals surface area (Å²) in [5.74, 6) is 1.77. The highest BCUT2D eigenvalue weighted by molar-refractivity contribution is 5.36. The second-order valence-electron chi connectivity index (χ2n) is 5.13. The van der Waals surface area contributed by atoms with Crippen LogP contribution in [0.25, 0.3) is 0 Å². The lowest BCUT2D eigenvalue weighted by molar-refractivity contribution is 0.106. The van der Waals surface area contributed by atoms with E-state index in [1.807, 2.05) is 13.2 Å². The molecule has 0 amide bonds. The van der Waals surface area contributed by atoms with E-state index in [-0.39, 0.29) is 0 Å². The van der Waals surface area contributed by atoms with E-state index >= 15 is 0 Å². The predicted molar refractivity (Wildman–Crippen MR) is 72.1 cm³/mol. The lowest BCUT2D eigenvalue weighted by Crippen LogP contribution is -2.41. The lowest BCUT2D eigenvalue weighted by Gasteiger charge is -2.38. The highest BCUT2D eigenvalue weighted by Crippen LogP contribution is 2.24. The molecule has 1 aliphatic rings. The molecule has 1 saturated heterocycles. The smallest absolute Gasteiger partial charge is 0.125 e. The average Bonchev–Trinajstić information content (AvgIpc) is 2.35. The zero-order valence-electron chi connectivity index (χ0n) is 11.1. The number of anilines is 1. The summed E-state index contributed by atoms with van der Waals surface area (Å²) in [6, 6.07) is 4.95. The van der Waals surface area contributed by atoms with E-state index in [4.69, 9.17) is 0 Å². The maximum absolute atomic E-state index is 4.26. The number of likely N-dealkylation sites (tertiary alicyclic amines) is 1. The van der Waals surface area contributed by atoms with Crippen molar-refractivity contribution in [1.82, 2.24) is 9.88 Å². The molecule has 0 aromatic carbocycles. The molecule has 0 radical (unpaired) electrons. The first-order valence-corrected chi connectivity index (χ1v) is 6.57. The molecule has 94 valence electrons. The van der Waals surface area contributed by atoms with Crippen molar-refractivity contribution in [3.8, 4) is 0 Å². The van der Waals surface area contributed by atoms with Gasteiger partial charge in [0.2, 0.25) is 0 Å². The van der Waals surface area contributed by atoms with Crippen molar-refractivity contribution >= 4 is 5.82 Å². The first-order chi connectivity index (χ1) is 8.20. The molecule has 3 heteroatoms. The van der Waals surface area contributed by atoms with Crippen LogP contribution < -0.4 is 5.32 Å². The molecule has 17 heavy (non-hydrogen) atoms. The van der Waals surface area contributed by atoms with Crippen molar-refractivity contribution in [2.75, 3.05) is 18.9 Å². The molecule has 2 unspecified atom stereocenters. The number of aromatic nitrogens is 1. The second kappa shape index (κ2) is 5.50. The Morgan fingerprint density at radius 2 is 2.29 bits per heavy atom. The van der Waals surface area contributed by atoms with Crippen LogP contribution in [0.4, 0.5) is 5.82 Å². The fourth-order valence-corrected chi connectivity index (χ4v) is 2.59. The molecular formula is C14H23N3. The SMILES string of the molecule is CNc1cc(CN2CCCC(C)C2C)ccn1. The molecule has 2 heterocycles. The summed E-state index contributed by atoms with van der Waals surface area (Å²) >= 11 is 0. The highest BCUT2D eigenvalue weighted by Gasteiger charge is 2.24. The maximum atomic E-state index is 4.26. The molecule has 0 saturated carbocycles. The molecule has 2 atom stereocenters. The van der Waals surface area contributed by atoms with E-state index in [0.29, 0.717) is 6.04 Å². The Balaban J connectivity index is 2.04. The molecule has 1 aliphatic heterocycles. The van der Waals surface area contributed by atoms with E-state index in [0.717, 1.165) is 18.3 Å². The van der Waals surface area contributed by atoms with Crippen molar-refractivity contribution in [3.63, 3.8) is 0 Å². The monoisotopic (exact) mass is 233 g/mol. The first-order valence-electron chi connectivity index (χ1n) is 6.57. The van der Waals surface area contributed by atoms with Crippen LogP contribution in [-0.4, -0.2) is 29.5 Å². The molecule has 1 N–H and O–H groups in total. The third kappa shape index (κ3) is 2.97. The molecule has 1 aromatic heterocycles. The number of pyridine rings is 1. The molecule has 1 aromatic rings. The van der Waals surface area contributed by atoms with Crippen LogP contribution in [-0.2, 0) is 6.54 Å². The summed E-state index contributed by atoms with van der Waals surface area (Å²) in [5, 5.41) is 3.09. The lowest BCUT2D eigenvalue weighted by atomic mass is 9.92. The maximum Gasteiger partial charge on any atom is 0.125 e. The van der Waals surface area contributed by atoms with Gasteiger partial charge in [0, 0.05) is 25.8 Å². The van der Waals surface area contributed by atoms with Crippen LogP contribution in [0.3, 0.4) is 0 Å². The Labute approximate surface area is 104 Å². The third-order valence-corrected chi connectivity index (χ3v) is 3.97. The van der Waals surface area contributed by atoms with Crippen LogP contribution >= 0.6 is 0 Å². The van der Waals surface area contributed by atoms with E-state index in [9.17, 15) is 0 Å². The summed E-state index contributed by atoms with van der Waals surface area (Å²) in [6.45, 7) is 6.98. The van der Waals surface area contributed by atoms with Gasteiger partial charge in [-0.25, -0.2) is 4.98 Å². The van der Waals surface area contributed by atoms with Crippen molar-refractivity contribution in [2.45, 2.75) is 39.3 Å². The Morgan fingerprint density at radius 1 is 1.47 bits per heavy atom. The molecule has 0 spiro atoms. The molecule has 1 fully saturated rings. The number of piperidine rings is 1. The summed E-state index contributed by atoms with van der Waals surface area (Å²) in [5.41, 5.74) is 1.35.